The largest absolute Gasteiger partial charge is 0.380 e. The minimum absolute atomic E-state index is 0.189. The van der Waals surface area contributed by atoms with Crippen molar-refractivity contribution in [3.05, 3.63) is 59.4 Å². The molecule has 0 unspecified atom stereocenters. The Morgan fingerprint density at radius 1 is 1.35 bits per heavy atom. The monoisotopic (exact) mass is 271 g/mol. The summed E-state index contributed by atoms with van der Waals surface area (Å²) in [5.41, 5.74) is 8.41. The van der Waals surface area contributed by atoms with Crippen LogP contribution in [0.15, 0.2) is 42.6 Å². The van der Waals surface area contributed by atoms with E-state index in [1.54, 1.807) is 25.4 Å². The van der Waals surface area contributed by atoms with Crippen LogP contribution >= 0.6 is 0 Å². The molecule has 0 saturated heterocycles. The molecule has 0 aliphatic rings. The predicted octanol–water partition coefficient (Wildman–Crippen LogP) is 1.94. The number of nitrogens with two attached hydrogens (primary N) is 1. The van der Waals surface area contributed by atoms with E-state index in [9.17, 15) is 4.79 Å². The zero-order chi connectivity index (χ0) is 14.4. The Kier molecular flexibility index (Phi) is 4.81. The van der Waals surface area contributed by atoms with Crippen LogP contribution in [0.25, 0.3) is 0 Å². The average molecular weight is 271 g/mol. The number of amides is 1. The highest BCUT2D eigenvalue weighted by Crippen LogP contribution is 2.17. The molecule has 0 atom stereocenters. The maximum absolute atomic E-state index is 12.2. The molecule has 0 bridgehead atoms. The molecule has 0 saturated carbocycles. The van der Waals surface area contributed by atoms with Gasteiger partial charge in [-0.25, -0.2) is 0 Å². The van der Waals surface area contributed by atoms with E-state index in [1.165, 1.54) is 0 Å². The van der Waals surface area contributed by atoms with Gasteiger partial charge >= 0.3 is 0 Å². The van der Waals surface area contributed by atoms with Crippen molar-refractivity contribution in [3.8, 4) is 0 Å². The second-order valence-electron chi connectivity index (χ2n) is 4.28. The molecule has 0 aliphatic carbocycles. The summed E-state index contributed by atoms with van der Waals surface area (Å²) in [6.45, 7) is 0.752. The van der Waals surface area contributed by atoms with Crippen LogP contribution in [-0.4, -0.2) is 18.0 Å². The Labute approximate surface area is 117 Å². The van der Waals surface area contributed by atoms with Crippen molar-refractivity contribution in [2.45, 2.75) is 13.2 Å². The van der Waals surface area contributed by atoms with Crippen molar-refractivity contribution < 1.29 is 9.53 Å². The number of pyridine rings is 1. The van der Waals surface area contributed by atoms with Crippen molar-refractivity contribution in [1.82, 2.24) is 4.98 Å². The quantitative estimate of drug-likeness (QED) is 0.871. The first-order valence-corrected chi connectivity index (χ1v) is 6.27. The fourth-order valence-corrected chi connectivity index (χ4v) is 1.85. The van der Waals surface area contributed by atoms with Crippen LogP contribution < -0.4 is 11.1 Å². The molecule has 20 heavy (non-hydrogen) atoms. The molecule has 5 heteroatoms. The Morgan fingerprint density at radius 2 is 2.15 bits per heavy atom. The maximum atomic E-state index is 12.2. The van der Waals surface area contributed by atoms with E-state index in [1.807, 2.05) is 24.3 Å². The summed E-state index contributed by atoms with van der Waals surface area (Å²) in [6, 6.07) is 10.9. The number of carbonyl (C=O) groups excluding carboxylic acids is 1. The van der Waals surface area contributed by atoms with E-state index >= 15 is 0 Å². The van der Waals surface area contributed by atoms with Crippen molar-refractivity contribution in [2.24, 2.45) is 5.73 Å². The van der Waals surface area contributed by atoms with Crippen molar-refractivity contribution in [3.63, 3.8) is 0 Å². The number of hydrogen-bond donors (Lipinski definition) is 2. The van der Waals surface area contributed by atoms with Gasteiger partial charge in [-0.3, -0.25) is 9.78 Å². The number of aromatic nitrogens is 1. The van der Waals surface area contributed by atoms with Gasteiger partial charge in [-0.1, -0.05) is 18.2 Å². The fraction of sp³-hybridized carbons (Fsp3) is 0.200. The second-order valence-corrected chi connectivity index (χ2v) is 4.28. The molecule has 0 aliphatic heterocycles. The van der Waals surface area contributed by atoms with E-state index < -0.39 is 0 Å². The maximum Gasteiger partial charge on any atom is 0.255 e. The minimum Gasteiger partial charge on any atom is -0.380 e. The van der Waals surface area contributed by atoms with Crippen molar-refractivity contribution in [1.29, 1.82) is 0 Å². The van der Waals surface area contributed by atoms with E-state index in [-0.39, 0.29) is 5.91 Å². The number of anilines is 1. The van der Waals surface area contributed by atoms with Crippen LogP contribution in [0.5, 0.6) is 0 Å². The molecule has 0 radical (unpaired) electrons. The van der Waals surface area contributed by atoms with E-state index in [0.717, 1.165) is 11.3 Å². The summed E-state index contributed by atoms with van der Waals surface area (Å²) >= 11 is 0. The summed E-state index contributed by atoms with van der Waals surface area (Å²) < 4.78 is 5.11. The standard InChI is InChI=1S/C15H17N3O2/c1-20-10-12-4-2-3-5-14(12)18-15(19)11-6-7-17-13(8-11)9-16/h2-8H,9-10,16H2,1H3,(H,18,19). The fourth-order valence-electron chi connectivity index (χ4n) is 1.85. The summed E-state index contributed by atoms with van der Waals surface area (Å²) in [5.74, 6) is -0.189. The molecule has 3 N–H and O–H groups in total. The van der Waals surface area contributed by atoms with Gasteiger partial charge in [0.15, 0.2) is 0 Å². The topological polar surface area (TPSA) is 77.2 Å². The minimum atomic E-state index is -0.189. The Bertz CT molecular complexity index is 599. The molecule has 0 fully saturated rings. The van der Waals surface area contributed by atoms with Gasteiger partial charge in [0.25, 0.3) is 5.91 Å². The zero-order valence-corrected chi connectivity index (χ0v) is 11.3. The van der Waals surface area contributed by atoms with Crippen molar-refractivity contribution in [2.75, 3.05) is 12.4 Å². The Balaban J connectivity index is 2.19. The number of carbonyl (C=O) groups is 1. The summed E-state index contributed by atoms with van der Waals surface area (Å²) in [6.07, 6.45) is 1.58. The molecule has 1 heterocycles. The van der Waals surface area contributed by atoms with Crippen LogP contribution in [0, 0.1) is 0 Å². The van der Waals surface area contributed by atoms with Gasteiger partial charge in [0.1, 0.15) is 0 Å². The van der Waals surface area contributed by atoms with Crippen LogP contribution in [0.2, 0.25) is 0 Å². The second kappa shape index (κ2) is 6.79. The normalized spacial score (nSPS) is 10.3. The average Bonchev–Trinajstić information content (AvgIpc) is 2.49. The molecular weight excluding hydrogens is 254 g/mol. The van der Waals surface area contributed by atoms with Gasteiger partial charge in [0.2, 0.25) is 0 Å². The van der Waals surface area contributed by atoms with Crippen LogP contribution in [-0.2, 0) is 17.9 Å². The Hall–Kier alpha value is -2.24. The third-order valence-corrected chi connectivity index (χ3v) is 2.85. The number of benzene rings is 1. The van der Waals surface area contributed by atoms with Crippen LogP contribution in [0.1, 0.15) is 21.6 Å². The third-order valence-electron chi connectivity index (χ3n) is 2.85. The number of methoxy groups -OCH3 is 1. The van der Waals surface area contributed by atoms with E-state index in [2.05, 4.69) is 10.3 Å². The smallest absolute Gasteiger partial charge is 0.255 e. The molecule has 104 valence electrons. The first kappa shape index (κ1) is 14.2. The lowest BCUT2D eigenvalue weighted by molar-refractivity contribution is 0.102. The number of ether oxygens (including phenoxy) is 1. The lowest BCUT2D eigenvalue weighted by Gasteiger charge is -2.10. The summed E-state index contributed by atoms with van der Waals surface area (Å²) in [7, 11) is 1.62. The number of hydrogen-bond acceptors (Lipinski definition) is 4. The van der Waals surface area contributed by atoms with Gasteiger partial charge in [0, 0.05) is 36.7 Å². The van der Waals surface area contributed by atoms with Gasteiger partial charge in [0.05, 0.1) is 12.3 Å². The number of nitrogens with one attached hydrogen (secondary N) is 1. The highest BCUT2D eigenvalue weighted by Gasteiger charge is 2.09. The highest BCUT2D eigenvalue weighted by molar-refractivity contribution is 6.04. The molecule has 1 aromatic heterocycles. The molecule has 1 amide bonds. The molecular formula is C15H17N3O2. The summed E-state index contributed by atoms with van der Waals surface area (Å²) in [4.78, 5) is 16.3. The number of rotatable bonds is 5. The SMILES string of the molecule is COCc1ccccc1NC(=O)c1ccnc(CN)c1. The first-order chi connectivity index (χ1) is 9.74. The zero-order valence-electron chi connectivity index (χ0n) is 11.3. The molecule has 2 rings (SSSR count). The van der Waals surface area contributed by atoms with Gasteiger partial charge in [-0.15, -0.1) is 0 Å². The number of nitrogens with zero attached hydrogens (tertiary/aromatic N) is 1. The van der Waals surface area contributed by atoms with E-state index in [0.29, 0.717) is 24.4 Å². The molecule has 2 aromatic rings. The lowest BCUT2D eigenvalue weighted by Crippen LogP contribution is -2.14. The highest BCUT2D eigenvalue weighted by atomic mass is 16.5. The Morgan fingerprint density at radius 3 is 2.90 bits per heavy atom. The number of para-hydroxylation sites is 1. The van der Waals surface area contributed by atoms with Gasteiger partial charge in [-0.05, 0) is 18.2 Å². The van der Waals surface area contributed by atoms with Crippen LogP contribution in [0.3, 0.4) is 0 Å². The molecule has 5 nitrogen and oxygen atoms in total. The van der Waals surface area contributed by atoms with Crippen LogP contribution in [0.4, 0.5) is 5.69 Å². The van der Waals surface area contributed by atoms with Gasteiger partial charge < -0.3 is 15.8 Å². The van der Waals surface area contributed by atoms with Crippen molar-refractivity contribution >= 4 is 11.6 Å². The van der Waals surface area contributed by atoms with E-state index in [4.69, 9.17) is 10.5 Å². The predicted molar refractivity (Wildman–Crippen MR) is 77.2 cm³/mol. The van der Waals surface area contributed by atoms with Gasteiger partial charge in [-0.2, -0.15) is 0 Å². The first-order valence-electron chi connectivity index (χ1n) is 6.27. The molecule has 1 aromatic carbocycles. The third kappa shape index (κ3) is 3.40. The molecule has 0 spiro atoms. The lowest BCUT2D eigenvalue weighted by atomic mass is 10.1. The summed E-state index contributed by atoms with van der Waals surface area (Å²) in [5, 5.41) is 2.88.